The van der Waals surface area contributed by atoms with Crippen molar-refractivity contribution in [2.45, 2.75) is 37.6 Å². The number of nitrogens with zero attached hydrogens (tertiary/aromatic N) is 1. The van der Waals surface area contributed by atoms with Crippen molar-refractivity contribution in [1.82, 2.24) is 9.62 Å². The highest BCUT2D eigenvalue weighted by molar-refractivity contribution is 9.11. The van der Waals surface area contributed by atoms with Gasteiger partial charge in [0.2, 0.25) is 10.0 Å². The van der Waals surface area contributed by atoms with E-state index in [1.165, 1.54) is 0 Å². The summed E-state index contributed by atoms with van der Waals surface area (Å²) in [6.07, 6.45) is 1.67. The van der Waals surface area contributed by atoms with E-state index in [2.05, 4.69) is 37.2 Å². The van der Waals surface area contributed by atoms with Crippen molar-refractivity contribution in [3.63, 3.8) is 0 Å². The molecule has 1 aromatic carbocycles. The number of sulfonamides is 1. The summed E-state index contributed by atoms with van der Waals surface area (Å²) in [5, 5.41) is 3.24. The van der Waals surface area contributed by atoms with Gasteiger partial charge in [0.05, 0.1) is 4.90 Å². The third kappa shape index (κ3) is 3.69. The number of hydrogen-bond acceptors (Lipinski definition) is 3. The molecule has 2 rings (SSSR count). The summed E-state index contributed by atoms with van der Waals surface area (Å²) in [7, 11) is -3.50. The topological polar surface area (TPSA) is 49.4 Å². The molecule has 1 saturated heterocycles. The molecule has 1 fully saturated rings. The monoisotopic (exact) mass is 438 g/mol. The Balaban J connectivity index is 2.45. The van der Waals surface area contributed by atoms with Crippen LogP contribution in [0.2, 0.25) is 0 Å². The van der Waals surface area contributed by atoms with E-state index < -0.39 is 10.0 Å². The van der Waals surface area contributed by atoms with Crippen molar-refractivity contribution in [2.75, 3.05) is 19.6 Å². The van der Waals surface area contributed by atoms with E-state index >= 15 is 0 Å². The molecule has 0 saturated carbocycles. The van der Waals surface area contributed by atoms with E-state index in [9.17, 15) is 8.42 Å². The first kappa shape index (κ1) is 17.4. The molecule has 4 nitrogen and oxygen atoms in total. The normalized spacial score (nSPS) is 19.4. The van der Waals surface area contributed by atoms with Crippen LogP contribution in [0.1, 0.15) is 25.3 Å². The lowest BCUT2D eigenvalue weighted by Gasteiger charge is -2.28. The second-order valence-corrected chi connectivity index (χ2v) is 8.86. The first-order valence-corrected chi connectivity index (χ1v) is 10.1. The first-order chi connectivity index (χ1) is 9.87. The van der Waals surface area contributed by atoms with Gasteiger partial charge in [0, 0.05) is 28.1 Å². The second-order valence-electron chi connectivity index (χ2n) is 5.29. The summed E-state index contributed by atoms with van der Waals surface area (Å²) in [5.41, 5.74) is 1.00. The highest BCUT2D eigenvalue weighted by Gasteiger charge is 2.34. The lowest BCUT2D eigenvalue weighted by atomic mass is 10.2. The molecule has 1 aliphatic heterocycles. The Kier molecular flexibility index (Phi) is 5.87. The molecule has 0 amide bonds. The van der Waals surface area contributed by atoms with Crippen LogP contribution in [0.25, 0.3) is 0 Å². The quantitative estimate of drug-likeness (QED) is 0.765. The fourth-order valence-electron chi connectivity index (χ4n) is 2.56. The maximum absolute atomic E-state index is 13.0. The molecule has 21 heavy (non-hydrogen) atoms. The predicted molar refractivity (Wildman–Crippen MR) is 92.0 cm³/mol. The van der Waals surface area contributed by atoms with Crippen molar-refractivity contribution in [3.8, 4) is 0 Å². The van der Waals surface area contributed by atoms with Gasteiger partial charge in [-0.1, -0.05) is 22.9 Å². The summed E-state index contributed by atoms with van der Waals surface area (Å²) < 4.78 is 29.2. The Morgan fingerprint density at radius 2 is 2.05 bits per heavy atom. The fourth-order valence-corrected chi connectivity index (χ4v) is 5.94. The van der Waals surface area contributed by atoms with Gasteiger partial charge < -0.3 is 5.32 Å². The van der Waals surface area contributed by atoms with Crippen LogP contribution in [0.15, 0.2) is 26.0 Å². The zero-order valence-corrected chi connectivity index (χ0v) is 16.2. The number of rotatable bonds is 5. The van der Waals surface area contributed by atoms with Crippen molar-refractivity contribution in [3.05, 3.63) is 26.6 Å². The van der Waals surface area contributed by atoms with Gasteiger partial charge >= 0.3 is 0 Å². The Hall–Kier alpha value is 0.0500. The van der Waals surface area contributed by atoms with Gasteiger partial charge in [-0.25, -0.2) is 8.42 Å². The number of halogens is 2. The summed E-state index contributed by atoms with van der Waals surface area (Å²) in [4.78, 5) is 0.334. The smallest absolute Gasteiger partial charge is 0.244 e. The molecule has 0 aliphatic carbocycles. The van der Waals surface area contributed by atoms with Crippen molar-refractivity contribution < 1.29 is 8.42 Å². The van der Waals surface area contributed by atoms with Crippen molar-refractivity contribution in [1.29, 1.82) is 0 Å². The molecule has 1 unspecified atom stereocenters. The molecule has 1 aliphatic rings. The molecule has 0 bridgehead atoms. The molecule has 0 spiro atoms. The SMILES string of the molecule is CCCN(C1CCNC1)S(=O)(=O)c1cc(Br)c(C)cc1Br. The summed E-state index contributed by atoms with van der Waals surface area (Å²) in [6.45, 7) is 6.09. The van der Waals surface area contributed by atoms with Crippen LogP contribution >= 0.6 is 31.9 Å². The highest BCUT2D eigenvalue weighted by atomic mass is 79.9. The summed E-state index contributed by atoms with van der Waals surface area (Å²) in [6, 6.07) is 3.58. The molecule has 1 atom stereocenters. The molecular weight excluding hydrogens is 420 g/mol. The molecular formula is C14H20Br2N2O2S. The number of nitrogens with one attached hydrogen (secondary N) is 1. The van der Waals surface area contributed by atoms with Gasteiger partial charge in [-0.05, 0) is 59.9 Å². The van der Waals surface area contributed by atoms with Gasteiger partial charge in [-0.2, -0.15) is 4.31 Å². The first-order valence-electron chi connectivity index (χ1n) is 7.06. The van der Waals surface area contributed by atoms with E-state index in [1.807, 2.05) is 19.9 Å². The van der Waals surface area contributed by atoms with Gasteiger partial charge in [0.1, 0.15) is 0 Å². The largest absolute Gasteiger partial charge is 0.315 e. The summed E-state index contributed by atoms with van der Waals surface area (Å²) >= 11 is 6.83. The Morgan fingerprint density at radius 1 is 1.33 bits per heavy atom. The zero-order valence-electron chi connectivity index (χ0n) is 12.2. The van der Waals surface area contributed by atoms with Crippen LogP contribution in [0.3, 0.4) is 0 Å². The van der Waals surface area contributed by atoms with Crippen molar-refractivity contribution in [2.24, 2.45) is 0 Å². The minimum absolute atomic E-state index is 0.0435. The highest BCUT2D eigenvalue weighted by Crippen LogP contribution is 2.32. The van der Waals surface area contributed by atoms with Crippen LogP contribution < -0.4 is 5.32 Å². The van der Waals surface area contributed by atoms with Crippen molar-refractivity contribution >= 4 is 41.9 Å². The van der Waals surface area contributed by atoms with E-state index in [-0.39, 0.29) is 6.04 Å². The Bertz CT molecular complexity index is 614. The minimum Gasteiger partial charge on any atom is -0.315 e. The minimum atomic E-state index is -3.50. The third-order valence-electron chi connectivity index (χ3n) is 3.69. The average molecular weight is 440 g/mol. The third-order valence-corrected chi connectivity index (χ3v) is 7.45. The molecule has 0 radical (unpaired) electrons. The number of hydrogen-bond donors (Lipinski definition) is 1. The van der Waals surface area contributed by atoms with E-state index in [0.717, 1.165) is 36.0 Å². The molecule has 118 valence electrons. The van der Waals surface area contributed by atoms with Crippen LogP contribution in [0.4, 0.5) is 0 Å². The molecule has 0 aromatic heterocycles. The Morgan fingerprint density at radius 3 is 2.62 bits per heavy atom. The van der Waals surface area contributed by atoms with Crippen LogP contribution in [0, 0.1) is 6.92 Å². The Labute approximate surface area is 143 Å². The van der Waals surface area contributed by atoms with Gasteiger partial charge in [0.25, 0.3) is 0 Å². The van der Waals surface area contributed by atoms with Crippen LogP contribution in [-0.4, -0.2) is 38.4 Å². The number of benzene rings is 1. The van der Waals surface area contributed by atoms with E-state index in [1.54, 1.807) is 10.4 Å². The maximum Gasteiger partial charge on any atom is 0.244 e. The maximum atomic E-state index is 13.0. The average Bonchev–Trinajstić information content (AvgIpc) is 2.93. The van der Waals surface area contributed by atoms with Gasteiger partial charge in [-0.3, -0.25) is 0 Å². The lowest BCUT2D eigenvalue weighted by Crippen LogP contribution is -2.42. The molecule has 1 N–H and O–H groups in total. The van der Waals surface area contributed by atoms with Gasteiger partial charge in [0.15, 0.2) is 0 Å². The molecule has 1 aromatic rings. The fraction of sp³-hybridized carbons (Fsp3) is 0.571. The van der Waals surface area contributed by atoms with Crippen LogP contribution in [-0.2, 0) is 10.0 Å². The second kappa shape index (κ2) is 7.08. The lowest BCUT2D eigenvalue weighted by molar-refractivity contribution is 0.335. The van der Waals surface area contributed by atoms with E-state index in [0.29, 0.717) is 15.9 Å². The zero-order chi connectivity index (χ0) is 15.6. The van der Waals surface area contributed by atoms with E-state index in [4.69, 9.17) is 0 Å². The number of aryl methyl sites for hydroxylation is 1. The molecule has 7 heteroatoms. The summed E-state index contributed by atoms with van der Waals surface area (Å²) in [5.74, 6) is 0. The van der Waals surface area contributed by atoms with Gasteiger partial charge in [-0.15, -0.1) is 0 Å². The predicted octanol–water partition coefficient (Wildman–Crippen LogP) is 3.28. The van der Waals surface area contributed by atoms with Crippen LogP contribution in [0.5, 0.6) is 0 Å². The standard InChI is InChI=1S/C14H20Br2N2O2S/c1-3-6-18(11-4-5-17-9-11)21(19,20)14-8-12(15)10(2)7-13(14)16/h7-8,11,17H,3-6,9H2,1-2H3. The molecule has 1 heterocycles.